The molecular formula is C20H19F2N3O. The quantitative estimate of drug-likeness (QED) is 0.920. The van der Waals surface area contributed by atoms with Crippen molar-refractivity contribution in [2.45, 2.75) is 31.0 Å². The highest BCUT2D eigenvalue weighted by molar-refractivity contribution is 5.41. The minimum Gasteiger partial charge on any atom is -0.481 e. The summed E-state index contributed by atoms with van der Waals surface area (Å²) in [5.41, 5.74) is 7.86. The number of nitrogens with zero attached hydrogens (tertiary/aromatic N) is 2. The van der Waals surface area contributed by atoms with Crippen LogP contribution in [0.1, 0.15) is 29.2 Å². The summed E-state index contributed by atoms with van der Waals surface area (Å²) < 4.78 is 34.3. The van der Waals surface area contributed by atoms with E-state index < -0.39 is 17.7 Å². The number of nitriles is 1. The molecule has 2 aromatic carbocycles. The molecule has 0 radical (unpaired) electrons. The second-order valence-corrected chi connectivity index (χ2v) is 6.90. The van der Waals surface area contributed by atoms with Crippen molar-refractivity contribution in [3.05, 3.63) is 64.7 Å². The maximum absolute atomic E-state index is 14.4. The molecule has 0 amide bonds. The largest absolute Gasteiger partial charge is 0.481 e. The van der Waals surface area contributed by atoms with E-state index in [0.717, 1.165) is 37.1 Å². The van der Waals surface area contributed by atoms with Crippen LogP contribution < -0.4 is 10.5 Å². The first-order valence-electron chi connectivity index (χ1n) is 8.70. The molecule has 6 heteroatoms. The lowest BCUT2D eigenvalue weighted by atomic mass is 10.1. The maximum atomic E-state index is 14.4. The van der Waals surface area contributed by atoms with Gasteiger partial charge in [-0.1, -0.05) is 24.3 Å². The maximum Gasteiger partial charge on any atom is 0.202 e. The fraction of sp³-hybridized carbons (Fsp3) is 0.350. The number of rotatable bonds is 3. The van der Waals surface area contributed by atoms with Crippen molar-refractivity contribution >= 4 is 0 Å². The summed E-state index contributed by atoms with van der Waals surface area (Å²) in [6, 6.07) is 12.3. The van der Waals surface area contributed by atoms with Gasteiger partial charge in [0, 0.05) is 19.1 Å². The van der Waals surface area contributed by atoms with Crippen LogP contribution >= 0.6 is 0 Å². The Labute approximate surface area is 150 Å². The number of halogens is 2. The molecule has 0 aromatic heterocycles. The molecule has 0 spiro atoms. The predicted octanol–water partition coefficient (Wildman–Crippen LogP) is 2.91. The van der Waals surface area contributed by atoms with Crippen molar-refractivity contribution in [1.29, 1.82) is 5.26 Å². The van der Waals surface area contributed by atoms with E-state index in [9.17, 15) is 8.78 Å². The summed E-state index contributed by atoms with van der Waals surface area (Å²) in [4.78, 5) is 2.27. The number of hydrogen-bond donors (Lipinski definition) is 1. The zero-order chi connectivity index (χ0) is 18.3. The third kappa shape index (κ3) is 2.83. The molecule has 3 atom stereocenters. The lowest BCUT2D eigenvalue weighted by Gasteiger charge is -2.30. The molecule has 1 heterocycles. The Morgan fingerprint density at radius 2 is 1.96 bits per heavy atom. The topological polar surface area (TPSA) is 62.3 Å². The van der Waals surface area contributed by atoms with Crippen LogP contribution in [0.5, 0.6) is 5.75 Å². The molecule has 0 saturated carbocycles. The zero-order valence-electron chi connectivity index (χ0n) is 14.2. The molecule has 4 nitrogen and oxygen atoms in total. The number of nitrogens with two attached hydrogens (primary N) is 1. The highest BCUT2D eigenvalue weighted by Gasteiger charge is 2.40. The summed E-state index contributed by atoms with van der Waals surface area (Å²) in [7, 11) is 0. The highest BCUT2D eigenvalue weighted by atomic mass is 19.2. The van der Waals surface area contributed by atoms with E-state index in [1.807, 2.05) is 24.3 Å². The second kappa shape index (κ2) is 6.67. The van der Waals surface area contributed by atoms with Gasteiger partial charge in [0.15, 0.2) is 11.6 Å². The van der Waals surface area contributed by atoms with E-state index in [0.29, 0.717) is 0 Å². The normalized spacial score (nSPS) is 25.1. The van der Waals surface area contributed by atoms with Crippen molar-refractivity contribution in [2.75, 3.05) is 13.1 Å². The summed E-state index contributed by atoms with van der Waals surface area (Å²) >= 11 is 0. The minimum atomic E-state index is -1.17. The van der Waals surface area contributed by atoms with Gasteiger partial charge in [-0.2, -0.15) is 9.65 Å². The fourth-order valence-corrected chi connectivity index (χ4v) is 3.96. The predicted molar refractivity (Wildman–Crippen MR) is 92.5 cm³/mol. The van der Waals surface area contributed by atoms with Crippen LogP contribution in [0.3, 0.4) is 0 Å². The molecule has 134 valence electrons. The SMILES string of the molecule is N#Cc1ccc(O[C@@H]2c3ccccc3C[C@H]2N2CC[C@H](N)C2)c(F)c1F. The Hall–Kier alpha value is -2.49. The number of fused-ring (bicyclic) bond motifs is 1. The van der Waals surface area contributed by atoms with Gasteiger partial charge in [0.1, 0.15) is 12.2 Å². The van der Waals surface area contributed by atoms with Crippen molar-refractivity contribution < 1.29 is 13.5 Å². The fourth-order valence-electron chi connectivity index (χ4n) is 3.96. The van der Waals surface area contributed by atoms with Gasteiger partial charge in [-0.25, -0.2) is 4.39 Å². The zero-order valence-corrected chi connectivity index (χ0v) is 14.2. The van der Waals surface area contributed by atoms with Crippen molar-refractivity contribution in [3.63, 3.8) is 0 Å². The molecule has 2 N–H and O–H groups in total. The van der Waals surface area contributed by atoms with Gasteiger partial charge in [-0.3, -0.25) is 4.90 Å². The molecule has 1 aliphatic carbocycles. The van der Waals surface area contributed by atoms with Crippen LogP contribution in [0.4, 0.5) is 8.78 Å². The first kappa shape index (κ1) is 17.0. The third-order valence-electron chi connectivity index (χ3n) is 5.29. The molecular weight excluding hydrogens is 336 g/mol. The van der Waals surface area contributed by atoms with Gasteiger partial charge in [0.05, 0.1) is 11.6 Å². The Balaban J connectivity index is 1.68. The molecule has 4 rings (SSSR count). The standard InChI is InChI=1S/C20H19F2N3O/c21-18-13(10-23)5-6-17(19(18)22)26-20-15-4-2-1-3-12(15)9-16(20)25-8-7-14(24)11-25/h1-6,14,16,20H,7-9,11,24H2/t14-,16+,20+/m0/s1. The van der Waals surface area contributed by atoms with Gasteiger partial charge < -0.3 is 10.5 Å². The number of hydrogen-bond acceptors (Lipinski definition) is 4. The molecule has 0 bridgehead atoms. The van der Waals surface area contributed by atoms with Crippen molar-refractivity contribution in [1.82, 2.24) is 4.90 Å². The van der Waals surface area contributed by atoms with Crippen molar-refractivity contribution in [3.8, 4) is 11.8 Å². The van der Waals surface area contributed by atoms with Gasteiger partial charge in [-0.05, 0) is 36.1 Å². The number of benzene rings is 2. The van der Waals surface area contributed by atoms with E-state index in [2.05, 4.69) is 4.90 Å². The highest BCUT2D eigenvalue weighted by Crippen LogP contribution is 2.39. The van der Waals surface area contributed by atoms with Gasteiger partial charge in [0.2, 0.25) is 5.82 Å². The molecule has 2 aromatic rings. The Kier molecular flexibility index (Phi) is 4.35. The lowest BCUT2D eigenvalue weighted by Crippen LogP contribution is -2.40. The van der Waals surface area contributed by atoms with E-state index in [1.165, 1.54) is 12.1 Å². The first-order chi connectivity index (χ1) is 12.6. The molecule has 1 fully saturated rings. The molecule has 1 aliphatic heterocycles. The Morgan fingerprint density at radius 3 is 2.69 bits per heavy atom. The van der Waals surface area contributed by atoms with Crippen LogP contribution in [0, 0.1) is 23.0 Å². The van der Waals surface area contributed by atoms with Crippen LogP contribution in [0.2, 0.25) is 0 Å². The Morgan fingerprint density at radius 1 is 1.15 bits per heavy atom. The number of likely N-dealkylation sites (tertiary alicyclic amines) is 1. The average Bonchev–Trinajstić information content (AvgIpc) is 3.23. The van der Waals surface area contributed by atoms with Crippen LogP contribution in [0.15, 0.2) is 36.4 Å². The average molecular weight is 355 g/mol. The van der Waals surface area contributed by atoms with Gasteiger partial charge in [-0.15, -0.1) is 0 Å². The summed E-state index contributed by atoms with van der Waals surface area (Å²) in [6.45, 7) is 1.63. The van der Waals surface area contributed by atoms with E-state index in [-0.39, 0.29) is 23.4 Å². The summed E-state index contributed by atoms with van der Waals surface area (Å²) in [5, 5.41) is 8.84. The van der Waals surface area contributed by atoms with Crippen molar-refractivity contribution in [2.24, 2.45) is 5.73 Å². The van der Waals surface area contributed by atoms with Crippen LogP contribution in [-0.2, 0) is 6.42 Å². The van der Waals surface area contributed by atoms with E-state index >= 15 is 0 Å². The van der Waals surface area contributed by atoms with E-state index in [4.69, 9.17) is 15.7 Å². The molecule has 1 saturated heterocycles. The van der Waals surface area contributed by atoms with E-state index in [1.54, 1.807) is 6.07 Å². The lowest BCUT2D eigenvalue weighted by molar-refractivity contribution is 0.0891. The number of ether oxygens (including phenoxy) is 1. The Bertz CT molecular complexity index is 880. The third-order valence-corrected chi connectivity index (χ3v) is 5.29. The minimum absolute atomic E-state index is 0.0269. The molecule has 2 aliphatic rings. The van der Waals surface area contributed by atoms with Gasteiger partial charge in [0.25, 0.3) is 0 Å². The summed E-state index contributed by atoms with van der Waals surface area (Å²) in [5.74, 6) is -2.46. The molecule has 26 heavy (non-hydrogen) atoms. The smallest absolute Gasteiger partial charge is 0.202 e. The second-order valence-electron chi connectivity index (χ2n) is 6.90. The first-order valence-corrected chi connectivity index (χ1v) is 8.70. The summed E-state index contributed by atoms with van der Waals surface area (Å²) in [6.07, 6.45) is 1.30. The van der Waals surface area contributed by atoms with Gasteiger partial charge >= 0.3 is 0 Å². The molecule has 0 unspecified atom stereocenters. The van der Waals surface area contributed by atoms with Crippen LogP contribution in [-0.4, -0.2) is 30.1 Å². The monoisotopic (exact) mass is 355 g/mol. The van der Waals surface area contributed by atoms with Crippen LogP contribution in [0.25, 0.3) is 0 Å².